The van der Waals surface area contributed by atoms with Gasteiger partial charge < -0.3 is 10.2 Å². The van der Waals surface area contributed by atoms with Crippen LogP contribution in [0.4, 0.5) is 0 Å². The van der Waals surface area contributed by atoms with Gasteiger partial charge in [0, 0.05) is 5.56 Å². The van der Waals surface area contributed by atoms with E-state index < -0.39 is 0 Å². The Bertz CT molecular complexity index is 459. The van der Waals surface area contributed by atoms with Crippen molar-refractivity contribution in [2.24, 2.45) is 5.73 Å². The number of rotatable bonds is 2. The summed E-state index contributed by atoms with van der Waals surface area (Å²) in [6.07, 6.45) is 1.68. The van der Waals surface area contributed by atoms with Gasteiger partial charge in [-0.1, -0.05) is 29.8 Å². The van der Waals surface area contributed by atoms with Crippen molar-refractivity contribution in [3.8, 4) is 0 Å². The zero-order chi connectivity index (χ0) is 10.8. The van der Waals surface area contributed by atoms with Gasteiger partial charge in [0.25, 0.3) is 0 Å². The van der Waals surface area contributed by atoms with Gasteiger partial charge in [0.2, 0.25) is 0 Å². The molecule has 0 amide bonds. The van der Waals surface area contributed by atoms with Gasteiger partial charge in [-0.2, -0.15) is 0 Å². The maximum absolute atomic E-state index is 6.17. The number of hydrogen-bond donors (Lipinski definition) is 1. The van der Waals surface area contributed by atoms with E-state index in [9.17, 15) is 0 Å². The number of aryl methyl sites for hydroxylation is 2. The molecule has 78 valence electrons. The molecule has 1 unspecified atom stereocenters. The molecule has 2 nitrogen and oxygen atoms in total. The van der Waals surface area contributed by atoms with Crippen LogP contribution in [0.2, 0.25) is 0 Å². The molecule has 2 N–H and O–H groups in total. The normalized spacial score (nSPS) is 12.7. The molecule has 1 heterocycles. The summed E-state index contributed by atoms with van der Waals surface area (Å²) in [7, 11) is 0. The number of hydrogen-bond acceptors (Lipinski definition) is 2. The summed E-state index contributed by atoms with van der Waals surface area (Å²) in [4.78, 5) is 0. The molecule has 15 heavy (non-hydrogen) atoms. The Morgan fingerprint density at radius 1 is 1.20 bits per heavy atom. The van der Waals surface area contributed by atoms with Gasteiger partial charge in [0.15, 0.2) is 0 Å². The van der Waals surface area contributed by atoms with E-state index in [1.54, 1.807) is 6.26 Å². The Morgan fingerprint density at radius 2 is 2.00 bits per heavy atom. The van der Waals surface area contributed by atoms with E-state index in [4.69, 9.17) is 10.2 Å². The second-order valence-corrected chi connectivity index (χ2v) is 3.82. The highest BCUT2D eigenvalue weighted by atomic mass is 16.3. The lowest BCUT2D eigenvalue weighted by Crippen LogP contribution is -2.12. The Kier molecular flexibility index (Phi) is 2.60. The maximum Gasteiger partial charge on any atom is 0.105 e. The van der Waals surface area contributed by atoms with Crippen molar-refractivity contribution in [2.45, 2.75) is 19.9 Å². The third-order valence-electron chi connectivity index (χ3n) is 2.64. The standard InChI is InChI=1S/C13H15NO/c1-9-4-3-5-11(8-9)13(14)12-6-7-15-10(12)2/h3-8,13H,14H2,1-2H3. The summed E-state index contributed by atoms with van der Waals surface area (Å²) in [5.41, 5.74) is 9.58. The first-order chi connectivity index (χ1) is 7.18. The summed E-state index contributed by atoms with van der Waals surface area (Å²) >= 11 is 0. The van der Waals surface area contributed by atoms with Crippen LogP contribution >= 0.6 is 0 Å². The first kappa shape index (κ1) is 9.99. The summed E-state index contributed by atoms with van der Waals surface area (Å²) in [6, 6.07) is 10.1. The molecule has 0 fully saturated rings. The minimum Gasteiger partial charge on any atom is -0.469 e. The molecule has 0 aliphatic rings. The van der Waals surface area contributed by atoms with Crippen LogP contribution in [0.25, 0.3) is 0 Å². The highest BCUT2D eigenvalue weighted by Gasteiger charge is 2.12. The fourth-order valence-corrected chi connectivity index (χ4v) is 1.76. The van der Waals surface area contributed by atoms with E-state index in [1.165, 1.54) is 5.56 Å². The zero-order valence-corrected chi connectivity index (χ0v) is 9.03. The zero-order valence-electron chi connectivity index (χ0n) is 9.03. The summed E-state index contributed by atoms with van der Waals surface area (Å²) < 4.78 is 5.26. The van der Waals surface area contributed by atoms with Crippen molar-refractivity contribution in [1.29, 1.82) is 0 Å². The van der Waals surface area contributed by atoms with Crippen molar-refractivity contribution in [2.75, 3.05) is 0 Å². The van der Waals surface area contributed by atoms with Crippen molar-refractivity contribution in [3.63, 3.8) is 0 Å². The quantitative estimate of drug-likeness (QED) is 0.811. The van der Waals surface area contributed by atoms with E-state index in [-0.39, 0.29) is 6.04 Å². The van der Waals surface area contributed by atoms with Gasteiger partial charge in [-0.15, -0.1) is 0 Å². The molecule has 2 rings (SSSR count). The lowest BCUT2D eigenvalue weighted by Gasteiger charge is -2.11. The molecule has 0 radical (unpaired) electrons. The molecular weight excluding hydrogens is 186 g/mol. The average molecular weight is 201 g/mol. The molecule has 0 bridgehead atoms. The van der Waals surface area contributed by atoms with Gasteiger partial charge in [-0.05, 0) is 25.5 Å². The monoisotopic (exact) mass is 201 g/mol. The van der Waals surface area contributed by atoms with E-state index in [0.29, 0.717) is 0 Å². The van der Waals surface area contributed by atoms with Gasteiger partial charge in [0.05, 0.1) is 12.3 Å². The molecule has 0 aliphatic heterocycles. The second-order valence-electron chi connectivity index (χ2n) is 3.82. The van der Waals surface area contributed by atoms with Crippen LogP contribution in [0.15, 0.2) is 41.0 Å². The topological polar surface area (TPSA) is 39.2 Å². The first-order valence-electron chi connectivity index (χ1n) is 5.04. The SMILES string of the molecule is Cc1cccc(C(N)c2ccoc2C)c1. The predicted molar refractivity (Wildman–Crippen MR) is 60.7 cm³/mol. The number of nitrogens with two attached hydrogens (primary N) is 1. The van der Waals surface area contributed by atoms with Crippen LogP contribution in [0.1, 0.15) is 28.5 Å². The Hall–Kier alpha value is -1.54. The van der Waals surface area contributed by atoms with Crippen molar-refractivity contribution >= 4 is 0 Å². The van der Waals surface area contributed by atoms with E-state index >= 15 is 0 Å². The summed E-state index contributed by atoms with van der Waals surface area (Å²) in [5, 5.41) is 0. The smallest absolute Gasteiger partial charge is 0.105 e. The van der Waals surface area contributed by atoms with Crippen molar-refractivity contribution < 1.29 is 4.42 Å². The largest absolute Gasteiger partial charge is 0.469 e. The second kappa shape index (κ2) is 3.91. The lowest BCUT2D eigenvalue weighted by atomic mass is 9.99. The number of benzene rings is 1. The average Bonchev–Trinajstić information content (AvgIpc) is 2.63. The lowest BCUT2D eigenvalue weighted by molar-refractivity contribution is 0.527. The third kappa shape index (κ3) is 1.95. The predicted octanol–water partition coefficient (Wildman–Crippen LogP) is 2.94. The third-order valence-corrected chi connectivity index (χ3v) is 2.64. The first-order valence-corrected chi connectivity index (χ1v) is 5.04. The molecule has 2 aromatic rings. The fraction of sp³-hybridized carbons (Fsp3) is 0.231. The van der Waals surface area contributed by atoms with Gasteiger partial charge in [-0.25, -0.2) is 0 Å². The van der Waals surface area contributed by atoms with Crippen LogP contribution in [-0.2, 0) is 0 Å². The van der Waals surface area contributed by atoms with E-state index in [2.05, 4.69) is 19.1 Å². The minimum absolute atomic E-state index is 0.0938. The summed E-state index contributed by atoms with van der Waals surface area (Å²) in [6.45, 7) is 4.00. The molecule has 0 saturated carbocycles. The van der Waals surface area contributed by atoms with E-state index in [1.807, 2.05) is 25.1 Å². The molecule has 0 aliphatic carbocycles. The molecule has 1 aromatic carbocycles. The van der Waals surface area contributed by atoms with Gasteiger partial charge in [0.1, 0.15) is 5.76 Å². The van der Waals surface area contributed by atoms with Crippen LogP contribution in [0, 0.1) is 13.8 Å². The highest BCUT2D eigenvalue weighted by molar-refractivity contribution is 5.34. The maximum atomic E-state index is 6.17. The van der Waals surface area contributed by atoms with Crippen LogP contribution in [0.3, 0.4) is 0 Å². The Balaban J connectivity index is 2.36. The van der Waals surface area contributed by atoms with Gasteiger partial charge >= 0.3 is 0 Å². The fourth-order valence-electron chi connectivity index (χ4n) is 1.76. The van der Waals surface area contributed by atoms with Crippen molar-refractivity contribution in [3.05, 3.63) is 59.0 Å². The van der Waals surface area contributed by atoms with Gasteiger partial charge in [-0.3, -0.25) is 0 Å². The molecular formula is C13H15NO. The molecule has 2 heteroatoms. The number of furan rings is 1. The van der Waals surface area contributed by atoms with E-state index in [0.717, 1.165) is 16.9 Å². The van der Waals surface area contributed by atoms with Crippen LogP contribution in [0.5, 0.6) is 0 Å². The minimum atomic E-state index is -0.0938. The Labute approximate surface area is 89.7 Å². The van der Waals surface area contributed by atoms with Crippen LogP contribution in [-0.4, -0.2) is 0 Å². The molecule has 0 spiro atoms. The van der Waals surface area contributed by atoms with Crippen LogP contribution < -0.4 is 5.73 Å². The summed E-state index contributed by atoms with van der Waals surface area (Å²) in [5.74, 6) is 0.893. The molecule has 0 saturated heterocycles. The molecule has 1 aromatic heterocycles. The molecule has 1 atom stereocenters. The Morgan fingerprint density at radius 3 is 2.60 bits per heavy atom. The van der Waals surface area contributed by atoms with Crippen molar-refractivity contribution in [1.82, 2.24) is 0 Å². The highest BCUT2D eigenvalue weighted by Crippen LogP contribution is 2.23.